The highest BCUT2D eigenvalue weighted by atomic mass is 79.9. The Morgan fingerprint density at radius 2 is 2.22 bits per heavy atom. The highest BCUT2D eigenvalue weighted by Crippen LogP contribution is 2.23. The lowest BCUT2D eigenvalue weighted by Gasteiger charge is -2.16. The van der Waals surface area contributed by atoms with Gasteiger partial charge in [0.05, 0.1) is 24.3 Å². The van der Waals surface area contributed by atoms with Gasteiger partial charge in [-0.3, -0.25) is 0 Å². The van der Waals surface area contributed by atoms with E-state index in [0.29, 0.717) is 18.4 Å². The van der Waals surface area contributed by atoms with Crippen molar-refractivity contribution < 1.29 is 9.15 Å². The molecule has 2 aromatic rings. The molecule has 2 rings (SSSR count). The van der Waals surface area contributed by atoms with Crippen molar-refractivity contribution in [3.05, 3.63) is 34.3 Å². The molecule has 96 valence electrons. The summed E-state index contributed by atoms with van der Waals surface area (Å²) in [6.45, 7) is 2.53. The number of rotatable bonds is 4. The van der Waals surface area contributed by atoms with Crippen molar-refractivity contribution in [3.63, 3.8) is 0 Å². The third-order valence-corrected chi connectivity index (χ3v) is 2.97. The van der Waals surface area contributed by atoms with Gasteiger partial charge >= 0.3 is 0 Å². The number of hydrogen-bond acceptors (Lipinski definition) is 5. The summed E-state index contributed by atoms with van der Waals surface area (Å²) in [7, 11) is 3.48. The van der Waals surface area contributed by atoms with Gasteiger partial charge in [0.15, 0.2) is 0 Å². The van der Waals surface area contributed by atoms with Crippen molar-refractivity contribution in [2.45, 2.75) is 13.5 Å². The molecule has 18 heavy (non-hydrogen) atoms. The molecule has 0 saturated heterocycles. The zero-order valence-electron chi connectivity index (χ0n) is 10.5. The van der Waals surface area contributed by atoms with Crippen LogP contribution in [-0.4, -0.2) is 24.1 Å². The summed E-state index contributed by atoms with van der Waals surface area (Å²) in [5.41, 5.74) is 0. The van der Waals surface area contributed by atoms with Crippen LogP contribution in [0.1, 0.15) is 11.5 Å². The summed E-state index contributed by atoms with van der Waals surface area (Å²) in [6, 6.07) is 3.88. The summed E-state index contributed by atoms with van der Waals surface area (Å²) in [4.78, 5) is 10.4. The quantitative estimate of drug-likeness (QED) is 0.869. The highest BCUT2D eigenvalue weighted by Gasteiger charge is 2.11. The lowest BCUT2D eigenvalue weighted by atomic mass is 10.4. The molecule has 0 bridgehead atoms. The molecular weight excluding hydrogens is 298 g/mol. The van der Waals surface area contributed by atoms with Gasteiger partial charge in [-0.15, -0.1) is 0 Å². The van der Waals surface area contributed by atoms with Gasteiger partial charge in [0, 0.05) is 7.05 Å². The minimum absolute atomic E-state index is 0.516. The minimum Gasteiger partial charge on any atom is -0.480 e. The second-order valence-corrected chi connectivity index (χ2v) is 4.75. The molecule has 0 unspecified atom stereocenters. The Morgan fingerprint density at radius 3 is 2.83 bits per heavy atom. The molecule has 0 N–H and O–H groups in total. The van der Waals surface area contributed by atoms with E-state index in [-0.39, 0.29) is 0 Å². The van der Waals surface area contributed by atoms with E-state index in [1.54, 1.807) is 13.3 Å². The van der Waals surface area contributed by atoms with Crippen molar-refractivity contribution in [1.29, 1.82) is 0 Å². The Labute approximate surface area is 114 Å². The first-order chi connectivity index (χ1) is 8.60. The zero-order chi connectivity index (χ0) is 13.1. The van der Waals surface area contributed by atoms with E-state index in [9.17, 15) is 0 Å². The van der Waals surface area contributed by atoms with Crippen LogP contribution in [0.25, 0.3) is 0 Å². The van der Waals surface area contributed by atoms with Gasteiger partial charge in [-0.05, 0) is 35.0 Å². The molecule has 0 fully saturated rings. The average molecular weight is 312 g/mol. The first-order valence-electron chi connectivity index (χ1n) is 5.43. The van der Waals surface area contributed by atoms with Gasteiger partial charge in [0.25, 0.3) is 0 Å². The van der Waals surface area contributed by atoms with Crippen molar-refractivity contribution in [2.75, 3.05) is 19.1 Å². The normalized spacial score (nSPS) is 10.4. The number of halogens is 1. The van der Waals surface area contributed by atoms with E-state index >= 15 is 0 Å². The van der Waals surface area contributed by atoms with E-state index in [4.69, 9.17) is 9.15 Å². The van der Waals surface area contributed by atoms with E-state index in [1.807, 2.05) is 31.0 Å². The number of methoxy groups -OCH3 is 1. The molecule has 0 aliphatic carbocycles. The summed E-state index contributed by atoms with van der Waals surface area (Å²) >= 11 is 3.32. The van der Waals surface area contributed by atoms with Crippen molar-refractivity contribution >= 4 is 21.9 Å². The van der Waals surface area contributed by atoms with Crippen LogP contribution in [-0.2, 0) is 6.54 Å². The third-order valence-electron chi connectivity index (χ3n) is 2.42. The molecular formula is C12H14BrN3O2. The predicted molar refractivity (Wildman–Crippen MR) is 71.8 cm³/mol. The Bertz CT molecular complexity index is 542. The number of furan rings is 1. The van der Waals surface area contributed by atoms with E-state index in [0.717, 1.165) is 16.0 Å². The van der Waals surface area contributed by atoms with E-state index in [1.165, 1.54) is 0 Å². The summed E-state index contributed by atoms with van der Waals surface area (Å²) in [6.07, 6.45) is 1.67. The van der Waals surface area contributed by atoms with Gasteiger partial charge in [-0.2, -0.15) is 4.98 Å². The molecule has 0 spiro atoms. The van der Waals surface area contributed by atoms with Crippen LogP contribution in [0.2, 0.25) is 0 Å². The minimum atomic E-state index is 0.516. The molecule has 0 aromatic carbocycles. The van der Waals surface area contributed by atoms with Gasteiger partial charge in [-0.1, -0.05) is 0 Å². The third kappa shape index (κ3) is 2.81. The van der Waals surface area contributed by atoms with Gasteiger partial charge < -0.3 is 14.1 Å². The SMILES string of the molecule is COc1nc(N(C)Cc2ccc(C)o2)ncc1Br. The molecule has 0 amide bonds. The number of anilines is 1. The molecule has 0 atom stereocenters. The molecule has 5 nitrogen and oxygen atoms in total. The van der Waals surface area contributed by atoms with Crippen LogP contribution in [0.5, 0.6) is 5.88 Å². The lowest BCUT2D eigenvalue weighted by molar-refractivity contribution is 0.393. The topological polar surface area (TPSA) is 51.4 Å². The van der Waals surface area contributed by atoms with Gasteiger partial charge in [0.2, 0.25) is 11.8 Å². The number of aromatic nitrogens is 2. The monoisotopic (exact) mass is 311 g/mol. The molecule has 0 saturated carbocycles. The van der Waals surface area contributed by atoms with E-state index < -0.39 is 0 Å². The Kier molecular flexibility index (Phi) is 3.86. The van der Waals surface area contributed by atoms with Crippen molar-refractivity contribution in [3.8, 4) is 5.88 Å². The molecule has 0 radical (unpaired) electrons. The fourth-order valence-corrected chi connectivity index (χ4v) is 1.90. The number of hydrogen-bond donors (Lipinski definition) is 0. The smallest absolute Gasteiger partial charge is 0.232 e. The second-order valence-electron chi connectivity index (χ2n) is 3.90. The molecule has 0 aliphatic rings. The summed E-state index contributed by atoms with van der Waals surface area (Å²) in [5.74, 6) is 2.87. The average Bonchev–Trinajstić information content (AvgIpc) is 2.75. The standard InChI is InChI=1S/C12H14BrN3O2/c1-8-4-5-9(18-8)7-16(2)12-14-6-10(13)11(15-12)17-3/h4-6H,7H2,1-3H3. The predicted octanol–water partition coefficient (Wildman–Crippen LogP) is 2.79. The second kappa shape index (κ2) is 5.39. The molecule has 0 aliphatic heterocycles. The molecule has 6 heteroatoms. The maximum Gasteiger partial charge on any atom is 0.232 e. The van der Waals surface area contributed by atoms with Gasteiger partial charge in [-0.25, -0.2) is 4.98 Å². The Balaban J connectivity index is 2.15. The maximum atomic E-state index is 5.52. The first kappa shape index (κ1) is 12.9. The first-order valence-corrected chi connectivity index (χ1v) is 6.22. The van der Waals surface area contributed by atoms with Crippen molar-refractivity contribution in [1.82, 2.24) is 9.97 Å². The van der Waals surface area contributed by atoms with Crippen LogP contribution >= 0.6 is 15.9 Å². The van der Waals surface area contributed by atoms with Crippen LogP contribution in [0.3, 0.4) is 0 Å². The highest BCUT2D eigenvalue weighted by molar-refractivity contribution is 9.10. The van der Waals surface area contributed by atoms with Crippen molar-refractivity contribution in [2.24, 2.45) is 0 Å². The Hall–Kier alpha value is -1.56. The fourth-order valence-electron chi connectivity index (χ4n) is 1.54. The maximum absolute atomic E-state index is 5.52. The Morgan fingerprint density at radius 1 is 1.44 bits per heavy atom. The summed E-state index contributed by atoms with van der Waals surface area (Å²) < 4.78 is 11.4. The largest absolute Gasteiger partial charge is 0.480 e. The molecule has 2 heterocycles. The van der Waals surface area contributed by atoms with Crippen LogP contribution in [0, 0.1) is 6.92 Å². The zero-order valence-corrected chi connectivity index (χ0v) is 12.1. The molecule has 2 aromatic heterocycles. The fraction of sp³-hybridized carbons (Fsp3) is 0.333. The lowest BCUT2D eigenvalue weighted by Crippen LogP contribution is -2.18. The number of ether oxygens (including phenoxy) is 1. The van der Waals surface area contributed by atoms with Crippen LogP contribution in [0.4, 0.5) is 5.95 Å². The van der Waals surface area contributed by atoms with Gasteiger partial charge in [0.1, 0.15) is 11.5 Å². The van der Waals surface area contributed by atoms with E-state index in [2.05, 4.69) is 25.9 Å². The summed E-state index contributed by atoms with van der Waals surface area (Å²) in [5, 5.41) is 0. The van der Waals surface area contributed by atoms with Crippen LogP contribution < -0.4 is 9.64 Å². The van der Waals surface area contributed by atoms with Crippen LogP contribution in [0.15, 0.2) is 27.2 Å². The number of nitrogens with zero attached hydrogens (tertiary/aromatic N) is 3. The number of aryl methyl sites for hydroxylation is 1.